The minimum atomic E-state index is 0.266. The maximum Gasteiger partial charge on any atom is 0.134 e. The fraction of sp³-hybridized carbons (Fsp3) is 0.714. The molecule has 1 aromatic heterocycles. The summed E-state index contributed by atoms with van der Waals surface area (Å²) >= 11 is 0. The van der Waals surface area contributed by atoms with Crippen LogP contribution in [0.25, 0.3) is 0 Å². The van der Waals surface area contributed by atoms with E-state index in [9.17, 15) is 0 Å². The summed E-state index contributed by atoms with van der Waals surface area (Å²) in [7, 11) is 3.91. The lowest BCUT2D eigenvalue weighted by Crippen LogP contribution is -2.25. The highest BCUT2D eigenvalue weighted by Crippen LogP contribution is 2.15. The quantitative estimate of drug-likeness (QED) is 0.782. The number of nitrogens with one attached hydrogen (secondary N) is 1. The van der Waals surface area contributed by atoms with Gasteiger partial charge in [-0.25, -0.2) is 9.97 Å². The van der Waals surface area contributed by atoms with Crippen molar-refractivity contribution in [3.8, 4) is 0 Å². The molecule has 0 aliphatic carbocycles. The van der Waals surface area contributed by atoms with Crippen molar-refractivity contribution in [1.29, 1.82) is 0 Å². The highest BCUT2D eigenvalue weighted by Gasteiger charge is 2.08. The minimum Gasteiger partial charge on any atom is -0.377 e. The number of anilines is 2. The molecule has 1 aromatic rings. The Morgan fingerprint density at radius 2 is 2.11 bits per heavy atom. The molecule has 0 radical (unpaired) electrons. The molecule has 19 heavy (non-hydrogen) atoms. The molecule has 1 rings (SSSR count). The van der Waals surface area contributed by atoms with Crippen LogP contribution in [0.1, 0.15) is 33.0 Å². The maximum absolute atomic E-state index is 5.57. The Hall–Kier alpha value is -1.36. The fourth-order valence-corrected chi connectivity index (χ4v) is 1.68. The zero-order valence-corrected chi connectivity index (χ0v) is 12.7. The van der Waals surface area contributed by atoms with Gasteiger partial charge in [-0.15, -0.1) is 0 Å². The average molecular weight is 266 g/mol. The van der Waals surface area contributed by atoms with Crippen molar-refractivity contribution in [2.24, 2.45) is 0 Å². The zero-order valence-electron chi connectivity index (χ0n) is 12.7. The summed E-state index contributed by atoms with van der Waals surface area (Å²) in [5.74, 6) is 2.70. The number of aryl methyl sites for hydroxylation is 1. The molecule has 5 nitrogen and oxygen atoms in total. The topological polar surface area (TPSA) is 50.3 Å². The van der Waals surface area contributed by atoms with Crippen LogP contribution in [0.4, 0.5) is 11.6 Å². The van der Waals surface area contributed by atoms with Gasteiger partial charge in [0.25, 0.3) is 0 Å². The zero-order chi connectivity index (χ0) is 14.3. The predicted octanol–water partition coefficient (Wildman–Crippen LogP) is 2.33. The van der Waals surface area contributed by atoms with Crippen LogP contribution in [0.3, 0.4) is 0 Å². The van der Waals surface area contributed by atoms with Gasteiger partial charge in [0.05, 0.1) is 12.7 Å². The molecule has 5 heteroatoms. The van der Waals surface area contributed by atoms with Gasteiger partial charge in [0.15, 0.2) is 0 Å². The number of likely N-dealkylation sites (N-methyl/N-ethyl adjacent to an activating group) is 1. The first-order valence-corrected chi connectivity index (χ1v) is 6.95. The highest BCUT2D eigenvalue weighted by molar-refractivity contribution is 5.48. The van der Waals surface area contributed by atoms with E-state index in [1.807, 2.05) is 34.0 Å². The van der Waals surface area contributed by atoms with Crippen LogP contribution in [0.15, 0.2) is 6.07 Å². The monoisotopic (exact) mass is 266 g/mol. The molecule has 1 N–H and O–H groups in total. The van der Waals surface area contributed by atoms with E-state index in [2.05, 4.69) is 27.1 Å². The second-order valence-corrected chi connectivity index (χ2v) is 4.87. The summed E-state index contributed by atoms with van der Waals surface area (Å²) in [4.78, 5) is 11.1. The summed E-state index contributed by atoms with van der Waals surface area (Å²) in [5, 5.41) is 3.09. The predicted molar refractivity (Wildman–Crippen MR) is 79.9 cm³/mol. The Morgan fingerprint density at radius 3 is 2.68 bits per heavy atom. The number of hydrogen-bond acceptors (Lipinski definition) is 5. The van der Waals surface area contributed by atoms with Gasteiger partial charge >= 0.3 is 0 Å². The molecule has 0 spiro atoms. The van der Waals surface area contributed by atoms with Crippen LogP contribution in [-0.4, -0.2) is 43.3 Å². The largest absolute Gasteiger partial charge is 0.377 e. The lowest BCUT2D eigenvalue weighted by atomic mass is 10.3. The molecule has 0 bridgehead atoms. The molecular formula is C14H26N4O. The Morgan fingerprint density at radius 1 is 1.37 bits per heavy atom. The standard InChI is InChI=1S/C14H26N4O/c1-6-7-12-16-13(15-4)10-14(17-12)18(5)8-9-19-11(2)3/h10-11H,6-9H2,1-5H3,(H,15,16,17). The van der Waals surface area contributed by atoms with E-state index >= 15 is 0 Å². The SMILES string of the molecule is CCCc1nc(NC)cc(N(C)CCOC(C)C)n1. The molecular weight excluding hydrogens is 240 g/mol. The van der Waals surface area contributed by atoms with Crippen molar-refractivity contribution < 1.29 is 4.74 Å². The van der Waals surface area contributed by atoms with E-state index in [1.54, 1.807) is 0 Å². The Bertz CT molecular complexity index is 382. The Balaban J connectivity index is 2.71. The average Bonchev–Trinajstić information content (AvgIpc) is 2.38. The normalized spacial score (nSPS) is 10.8. The first-order valence-electron chi connectivity index (χ1n) is 6.95. The third-order valence-corrected chi connectivity index (χ3v) is 2.76. The van der Waals surface area contributed by atoms with Crippen LogP contribution >= 0.6 is 0 Å². The van der Waals surface area contributed by atoms with Crippen LogP contribution in [0.5, 0.6) is 0 Å². The molecule has 0 aliphatic rings. The second kappa shape index (κ2) is 7.94. The molecule has 0 unspecified atom stereocenters. The van der Waals surface area contributed by atoms with Gasteiger partial charge in [-0.3, -0.25) is 0 Å². The van der Waals surface area contributed by atoms with Crippen LogP contribution in [-0.2, 0) is 11.2 Å². The van der Waals surface area contributed by atoms with E-state index in [0.717, 1.165) is 36.8 Å². The summed E-state index contributed by atoms with van der Waals surface area (Å²) in [6, 6.07) is 1.97. The fourth-order valence-electron chi connectivity index (χ4n) is 1.68. The molecule has 0 amide bonds. The Labute approximate surface area is 116 Å². The first kappa shape index (κ1) is 15.7. The third-order valence-electron chi connectivity index (χ3n) is 2.76. The number of rotatable bonds is 8. The second-order valence-electron chi connectivity index (χ2n) is 4.87. The molecule has 0 aromatic carbocycles. The summed E-state index contributed by atoms with van der Waals surface area (Å²) in [5.41, 5.74) is 0. The number of aromatic nitrogens is 2. The van der Waals surface area contributed by atoms with E-state index in [4.69, 9.17) is 4.74 Å². The molecule has 0 fully saturated rings. The van der Waals surface area contributed by atoms with Crippen LogP contribution in [0, 0.1) is 0 Å². The third kappa shape index (κ3) is 5.42. The molecule has 108 valence electrons. The van der Waals surface area contributed by atoms with Crippen LogP contribution in [0.2, 0.25) is 0 Å². The van der Waals surface area contributed by atoms with Crippen molar-refractivity contribution in [3.63, 3.8) is 0 Å². The molecule has 1 heterocycles. The summed E-state index contributed by atoms with van der Waals surface area (Å²) in [6.07, 6.45) is 2.22. The van der Waals surface area contributed by atoms with Gasteiger partial charge in [-0.05, 0) is 20.3 Å². The van der Waals surface area contributed by atoms with E-state index in [-0.39, 0.29) is 6.10 Å². The summed E-state index contributed by atoms with van der Waals surface area (Å²) < 4.78 is 5.57. The van der Waals surface area contributed by atoms with Gasteiger partial charge in [0.1, 0.15) is 17.5 Å². The molecule has 0 saturated heterocycles. The van der Waals surface area contributed by atoms with Crippen molar-refractivity contribution in [1.82, 2.24) is 9.97 Å². The van der Waals surface area contributed by atoms with Crippen LogP contribution < -0.4 is 10.2 Å². The van der Waals surface area contributed by atoms with Gasteiger partial charge in [-0.1, -0.05) is 6.92 Å². The van der Waals surface area contributed by atoms with E-state index < -0.39 is 0 Å². The van der Waals surface area contributed by atoms with Gasteiger partial charge in [0, 0.05) is 33.1 Å². The highest BCUT2D eigenvalue weighted by atomic mass is 16.5. The van der Waals surface area contributed by atoms with E-state index in [0.29, 0.717) is 6.61 Å². The van der Waals surface area contributed by atoms with E-state index in [1.165, 1.54) is 0 Å². The lowest BCUT2D eigenvalue weighted by molar-refractivity contribution is 0.0845. The molecule has 0 atom stereocenters. The minimum absolute atomic E-state index is 0.266. The van der Waals surface area contributed by atoms with Gasteiger partial charge in [-0.2, -0.15) is 0 Å². The Kier molecular flexibility index (Phi) is 6.56. The first-order chi connectivity index (χ1) is 9.06. The molecule has 0 aliphatic heterocycles. The summed E-state index contributed by atoms with van der Waals surface area (Å²) in [6.45, 7) is 7.75. The van der Waals surface area contributed by atoms with Gasteiger partial charge in [0.2, 0.25) is 0 Å². The van der Waals surface area contributed by atoms with Crippen molar-refractivity contribution in [2.75, 3.05) is 37.5 Å². The lowest BCUT2D eigenvalue weighted by Gasteiger charge is -2.20. The number of nitrogens with zero attached hydrogens (tertiary/aromatic N) is 3. The van der Waals surface area contributed by atoms with Crippen molar-refractivity contribution in [2.45, 2.75) is 39.7 Å². The van der Waals surface area contributed by atoms with Crippen molar-refractivity contribution >= 4 is 11.6 Å². The number of ether oxygens (including phenoxy) is 1. The molecule has 0 saturated carbocycles. The number of hydrogen-bond donors (Lipinski definition) is 1. The van der Waals surface area contributed by atoms with Gasteiger partial charge < -0.3 is 15.0 Å². The van der Waals surface area contributed by atoms with Crippen molar-refractivity contribution in [3.05, 3.63) is 11.9 Å². The smallest absolute Gasteiger partial charge is 0.134 e. The maximum atomic E-state index is 5.57.